The van der Waals surface area contributed by atoms with Crippen molar-refractivity contribution in [3.05, 3.63) is 17.3 Å². The fourth-order valence-electron chi connectivity index (χ4n) is 3.24. The number of hydrogen-bond acceptors (Lipinski definition) is 4. The highest BCUT2D eigenvalue weighted by Crippen LogP contribution is 2.33. The molecule has 2 aromatic heterocycles. The first-order valence-corrected chi connectivity index (χ1v) is 7.91. The summed E-state index contributed by atoms with van der Waals surface area (Å²) in [6.07, 6.45) is 3.37. The van der Waals surface area contributed by atoms with Crippen LogP contribution in [0.4, 0.5) is 5.82 Å². The molecule has 1 aliphatic rings. The lowest BCUT2D eigenvalue weighted by atomic mass is 9.86. The molecule has 5 heteroatoms. The van der Waals surface area contributed by atoms with E-state index in [1.807, 2.05) is 0 Å². The second-order valence-electron chi connectivity index (χ2n) is 5.85. The minimum Gasteiger partial charge on any atom is -0.352 e. The van der Waals surface area contributed by atoms with E-state index in [1.54, 1.807) is 11.3 Å². The molecule has 0 spiro atoms. The Morgan fingerprint density at radius 3 is 2.95 bits per heavy atom. The maximum atomic E-state index is 5.96. The molecule has 3 atom stereocenters. The molecule has 0 amide bonds. The molecule has 0 saturated carbocycles. The molecular formula is C14H22N4S. The average molecular weight is 278 g/mol. The van der Waals surface area contributed by atoms with E-state index in [9.17, 15) is 0 Å². The van der Waals surface area contributed by atoms with Gasteiger partial charge in [-0.2, -0.15) is 0 Å². The van der Waals surface area contributed by atoms with Crippen LogP contribution in [0.15, 0.2) is 11.6 Å². The molecule has 0 bridgehead atoms. The molecule has 1 aliphatic heterocycles. The molecule has 2 aromatic rings. The van der Waals surface area contributed by atoms with Crippen molar-refractivity contribution in [2.24, 2.45) is 17.6 Å². The van der Waals surface area contributed by atoms with Crippen molar-refractivity contribution in [1.29, 1.82) is 0 Å². The summed E-state index contributed by atoms with van der Waals surface area (Å²) in [5.41, 5.74) is 7.10. The third-order valence-electron chi connectivity index (χ3n) is 4.40. The third-order valence-corrected chi connectivity index (χ3v) is 5.16. The fraction of sp³-hybridized carbons (Fsp3) is 0.643. The molecular weight excluding hydrogens is 256 g/mol. The number of fused-ring (bicyclic) bond motifs is 1. The molecule has 3 heterocycles. The minimum absolute atomic E-state index is 0.533. The number of thiazole rings is 1. The maximum absolute atomic E-state index is 5.96. The van der Waals surface area contributed by atoms with Crippen LogP contribution in [-0.4, -0.2) is 22.0 Å². The van der Waals surface area contributed by atoms with Gasteiger partial charge in [0.25, 0.3) is 0 Å². The molecule has 0 radical (unpaired) electrons. The number of anilines is 1. The first-order chi connectivity index (χ1) is 9.11. The van der Waals surface area contributed by atoms with E-state index >= 15 is 0 Å². The summed E-state index contributed by atoms with van der Waals surface area (Å²) in [5, 5.41) is 2.07. The van der Waals surface area contributed by atoms with Gasteiger partial charge in [0.05, 0.1) is 5.69 Å². The van der Waals surface area contributed by atoms with Crippen LogP contribution in [0, 0.1) is 11.8 Å². The van der Waals surface area contributed by atoms with Gasteiger partial charge in [-0.25, -0.2) is 4.98 Å². The molecule has 0 aliphatic carbocycles. The number of nitrogens with two attached hydrogens (primary N) is 1. The molecule has 4 nitrogen and oxygen atoms in total. The molecule has 2 N–H and O–H groups in total. The smallest absolute Gasteiger partial charge is 0.195 e. The van der Waals surface area contributed by atoms with Crippen molar-refractivity contribution in [2.75, 3.05) is 11.4 Å². The van der Waals surface area contributed by atoms with Gasteiger partial charge < -0.3 is 10.6 Å². The quantitative estimate of drug-likeness (QED) is 0.919. The number of piperidine rings is 1. The second kappa shape index (κ2) is 4.80. The van der Waals surface area contributed by atoms with E-state index < -0.39 is 0 Å². The van der Waals surface area contributed by atoms with E-state index in [0.717, 1.165) is 28.9 Å². The Labute approximate surface area is 118 Å². The van der Waals surface area contributed by atoms with E-state index in [2.05, 4.69) is 41.6 Å². The van der Waals surface area contributed by atoms with Gasteiger partial charge in [-0.05, 0) is 25.2 Å². The highest BCUT2D eigenvalue weighted by molar-refractivity contribution is 7.15. The van der Waals surface area contributed by atoms with Crippen molar-refractivity contribution in [3.8, 4) is 0 Å². The Kier molecular flexibility index (Phi) is 3.27. The van der Waals surface area contributed by atoms with Crippen LogP contribution in [0.3, 0.4) is 0 Å². The monoisotopic (exact) mass is 278 g/mol. The normalized spacial score (nSPS) is 28.2. The lowest BCUT2D eigenvalue weighted by molar-refractivity contribution is 0.295. The predicted molar refractivity (Wildman–Crippen MR) is 80.7 cm³/mol. The van der Waals surface area contributed by atoms with Gasteiger partial charge in [0.15, 0.2) is 10.8 Å². The van der Waals surface area contributed by atoms with E-state index in [1.165, 1.54) is 6.42 Å². The van der Waals surface area contributed by atoms with Crippen molar-refractivity contribution in [1.82, 2.24) is 9.38 Å². The summed E-state index contributed by atoms with van der Waals surface area (Å²) in [7, 11) is 0. The standard InChI is InChI=1S/C14H22N4S/c1-9-6-10(2)11(3)18(8-9)13-12(7-15)17-4-5-19-14(17)16-13/h4-5,9-11H,6-8,15H2,1-3H3. The van der Waals surface area contributed by atoms with E-state index in [0.29, 0.717) is 18.5 Å². The molecule has 0 aromatic carbocycles. The number of imidazole rings is 1. The first-order valence-electron chi connectivity index (χ1n) is 7.03. The summed E-state index contributed by atoms with van der Waals surface area (Å²) >= 11 is 1.67. The number of nitrogens with zero attached hydrogens (tertiary/aromatic N) is 3. The Bertz CT molecular complexity index is 573. The van der Waals surface area contributed by atoms with Crippen molar-refractivity contribution in [3.63, 3.8) is 0 Å². The highest BCUT2D eigenvalue weighted by atomic mass is 32.1. The Balaban J connectivity index is 2.04. The zero-order valence-electron chi connectivity index (χ0n) is 11.8. The molecule has 19 heavy (non-hydrogen) atoms. The van der Waals surface area contributed by atoms with Gasteiger partial charge >= 0.3 is 0 Å². The molecule has 104 valence electrons. The zero-order valence-corrected chi connectivity index (χ0v) is 12.7. The minimum atomic E-state index is 0.533. The van der Waals surface area contributed by atoms with E-state index in [4.69, 9.17) is 10.7 Å². The van der Waals surface area contributed by atoms with Crippen LogP contribution >= 0.6 is 11.3 Å². The molecule has 3 rings (SSSR count). The Hall–Kier alpha value is -1.07. The summed E-state index contributed by atoms with van der Waals surface area (Å²) in [4.78, 5) is 8.32. The largest absolute Gasteiger partial charge is 0.352 e. The Morgan fingerprint density at radius 1 is 1.42 bits per heavy atom. The lowest BCUT2D eigenvalue weighted by Gasteiger charge is -2.41. The van der Waals surface area contributed by atoms with E-state index in [-0.39, 0.29) is 0 Å². The summed E-state index contributed by atoms with van der Waals surface area (Å²) in [6, 6.07) is 0.533. The molecule has 1 saturated heterocycles. The number of hydrogen-bond donors (Lipinski definition) is 1. The third kappa shape index (κ3) is 2.05. The van der Waals surface area contributed by atoms with Crippen molar-refractivity contribution >= 4 is 22.1 Å². The average Bonchev–Trinajstić information content (AvgIpc) is 2.93. The maximum Gasteiger partial charge on any atom is 0.195 e. The van der Waals surface area contributed by atoms with Crippen LogP contribution < -0.4 is 10.6 Å². The van der Waals surface area contributed by atoms with Crippen LogP contribution in [0.2, 0.25) is 0 Å². The SMILES string of the molecule is CC1CC(C)C(C)N(c2nc3sccn3c2CN)C1. The highest BCUT2D eigenvalue weighted by Gasteiger charge is 2.31. The molecule has 3 unspecified atom stereocenters. The number of aromatic nitrogens is 2. The van der Waals surface area contributed by atoms with Crippen molar-refractivity contribution < 1.29 is 0 Å². The van der Waals surface area contributed by atoms with Gasteiger partial charge in [0.2, 0.25) is 0 Å². The van der Waals surface area contributed by atoms with Gasteiger partial charge in [-0.3, -0.25) is 4.40 Å². The second-order valence-corrected chi connectivity index (χ2v) is 6.73. The molecule has 1 fully saturated rings. The van der Waals surface area contributed by atoms with Gasteiger partial charge in [-0.15, -0.1) is 11.3 Å². The first kappa shape index (κ1) is 12.9. The predicted octanol–water partition coefficient (Wildman–Crippen LogP) is 2.73. The van der Waals surface area contributed by atoms with Gasteiger partial charge in [0, 0.05) is 30.7 Å². The number of rotatable bonds is 2. The van der Waals surface area contributed by atoms with Crippen molar-refractivity contribution in [2.45, 2.75) is 39.8 Å². The van der Waals surface area contributed by atoms with Gasteiger partial charge in [0.1, 0.15) is 0 Å². The summed E-state index contributed by atoms with van der Waals surface area (Å²) in [5.74, 6) is 2.52. The Morgan fingerprint density at radius 2 is 2.21 bits per heavy atom. The fourth-order valence-corrected chi connectivity index (χ4v) is 3.96. The van der Waals surface area contributed by atoms with Crippen LogP contribution in [0.1, 0.15) is 32.9 Å². The zero-order chi connectivity index (χ0) is 13.6. The van der Waals surface area contributed by atoms with Crippen LogP contribution in [0.5, 0.6) is 0 Å². The van der Waals surface area contributed by atoms with Crippen LogP contribution in [0.25, 0.3) is 4.96 Å². The summed E-state index contributed by atoms with van der Waals surface area (Å²) < 4.78 is 2.14. The van der Waals surface area contributed by atoms with Crippen LogP contribution in [-0.2, 0) is 6.54 Å². The lowest BCUT2D eigenvalue weighted by Crippen LogP contribution is -2.46. The van der Waals surface area contributed by atoms with Gasteiger partial charge in [-0.1, -0.05) is 13.8 Å². The summed E-state index contributed by atoms with van der Waals surface area (Å²) in [6.45, 7) is 8.61. The topological polar surface area (TPSA) is 46.6 Å².